The van der Waals surface area contributed by atoms with Gasteiger partial charge in [0.05, 0.1) is 18.6 Å². The van der Waals surface area contributed by atoms with Gasteiger partial charge in [-0.3, -0.25) is 14.2 Å². The van der Waals surface area contributed by atoms with E-state index >= 15 is 0 Å². The Morgan fingerprint density at radius 2 is 1.85 bits per heavy atom. The van der Waals surface area contributed by atoms with Crippen molar-refractivity contribution in [1.29, 1.82) is 0 Å². The number of thioether (sulfide) groups is 1. The van der Waals surface area contributed by atoms with E-state index < -0.39 is 0 Å². The molecule has 2 aromatic carbocycles. The van der Waals surface area contributed by atoms with Crippen LogP contribution in [-0.2, 0) is 11.3 Å². The highest BCUT2D eigenvalue weighted by Crippen LogP contribution is 2.27. The summed E-state index contributed by atoms with van der Waals surface area (Å²) in [5, 5.41) is 9.97. The molecular weight excluding hydrogens is 472 g/mol. The SMILES string of the molecule is O=C(CSc1nnc(-c2ccc(Cl)cc2)n1Cc1ccco1)c1ccc(N2CCCC2=O)cc1. The van der Waals surface area contributed by atoms with Gasteiger partial charge in [-0.2, -0.15) is 0 Å². The molecule has 1 saturated heterocycles. The monoisotopic (exact) mass is 492 g/mol. The van der Waals surface area contributed by atoms with Crippen LogP contribution in [0.5, 0.6) is 0 Å². The van der Waals surface area contributed by atoms with Crippen LogP contribution in [0.3, 0.4) is 0 Å². The summed E-state index contributed by atoms with van der Waals surface area (Å²) in [4.78, 5) is 26.6. The van der Waals surface area contributed by atoms with Gasteiger partial charge in [0.1, 0.15) is 5.76 Å². The molecule has 1 aliphatic rings. The number of carbonyl (C=O) groups excluding carboxylic acids is 2. The van der Waals surface area contributed by atoms with Gasteiger partial charge in [0.2, 0.25) is 5.91 Å². The highest BCUT2D eigenvalue weighted by molar-refractivity contribution is 7.99. The molecule has 0 spiro atoms. The number of nitrogens with zero attached hydrogens (tertiary/aromatic N) is 4. The number of ketones is 1. The Hall–Kier alpha value is -3.36. The van der Waals surface area contributed by atoms with E-state index in [0.717, 1.165) is 30.0 Å². The summed E-state index contributed by atoms with van der Waals surface area (Å²) in [6.45, 7) is 1.16. The van der Waals surface area contributed by atoms with E-state index in [1.54, 1.807) is 35.4 Å². The molecule has 7 nitrogen and oxygen atoms in total. The number of hydrogen-bond donors (Lipinski definition) is 0. The molecule has 9 heteroatoms. The van der Waals surface area contributed by atoms with Gasteiger partial charge in [0.15, 0.2) is 16.8 Å². The number of halogens is 1. The number of rotatable bonds is 8. The van der Waals surface area contributed by atoms with Crippen LogP contribution >= 0.6 is 23.4 Å². The molecule has 3 heterocycles. The minimum Gasteiger partial charge on any atom is -0.467 e. The number of anilines is 1. The third-order valence-electron chi connectivity index (χ3n) is 5.62. The fourth-order valence-electron chi connectivity index (χ4n) is 3.87. The highest BCUT2D eigenvalue weighted by atomic mass is 35.5. The maximum Gasteiger partial charge on any atom is 0.227 e. The van der Waals surface area contributed by atoms with Crippen LogP contribution in [0.2, 0.25) is 5.02 Å². The average molecular weight is 493 g/mol. The molecule has 5 rings (SSSR count). The van der Waals surface area contributed by atoms with Crippen molar-refractivity contribution in [2.45, 2.75) is 24.5 Å². The van der Waals surface area contributed by atoms with Crippen molar-refractivity contribution in [3.05, 3.63) is 83.3 Å². The number of hydrogen-bond acceptors (Lipinski definition) is 6. The van der Waals surface area contributed by atoms with Crippen molar-refractivity contribution in [2.75, 3.05) is 17.2 Å². The van der Waals surface area contributed by atoms with Crippen LogP contribution in [-0.4, -0.2) is 38.8 Å². The molecule has 172 valence electrons. The van der Waals surface area contributed by atoms with Crippen LogP contribution in [0.4, 0.5) is 5.69 Å². The molecule has 0 aliphatic carbocycles. The quantitative estimate of drug-likeness (QED) is 0.244. The summed E-state index contributed by atoms with van der Waals surface area (Å²) in [5.41, 5.74) is 2.30. The first-order valence-electron chi connectivity index (χ1n) is 10.9. The van der Waals surface area contributed by atoms with Crippen molar-refractivity contribution in [3.63, 3.8) is 0 Å². The Labute approximate surface area is 205 Å². The summed E-state index contributed by atoms with van der Waals surface area (Å²) >= 11 is 7.36. The molecule has 1 fully saturated rings. The molecule has 34 heavy (non-hydrogen) atoms. The van der Waals surface area contributed by atoms with Gasteiger partial charge in [-0.25, -0.2) is 0 Å². The predicted molar refractivity (Wildman–Crippen MR) is 131 cm³/mol. The summed E-state index contributed by atoms with van der Waals surface area (Å²) in [5.74, 6) is 1.74. The Bertz CT molecular complexity index is 1300. The predicted octanol–water partition coefficient (Wildman–Crippen LogP) is 5.34. The van der Waals surface area contributed by atoms with Crippen molar-refractivity contribution in [1.82, 2.24) is 14.8 Å². The van der Waals surface area contributed by atoms with Gasteiger partial charge < -0.3 is 9.32 Å². The zero-order valence-corrected chi connectivity index (χ0v) is 19.8. The van der Waals surface area contributed by atoms with Crippen LogP contribution < -0.4 is 4.90 Å². The molecule has 0 atom stereocenters. The van der Waals surface area contributed by atoms with Gasteiger partial charge in [-0.1, -0.05) is 23.4 Å². The largest absolute Gasteiger partial charge is 0.467 e. The number of aromatic nitrogens is 3. The highest BCUT2D eigenvalue weighted by Gasteiger charge is 2.22. The third kappa shape index (κ3) is 4.78. The lowest BCUT2D eigenvalue weighted by atomic mass is 10.1. The van der Waals surface area contributed by atoms with Crippen LogP contribution in [0.1, 0.15) is 29.0 Å². The zero-order valence-electron chi connectivity index (χ0n) is 18.2. The normalized spacial score (nSPS) is 13.6. The molecule has 0 radical (unpaired) electrons. The van der Waals surface area contributed by atoms with Crippen LogP contribution in [0, 0.1) is 0 Å². The van der Waals surface area contributed by atoms with E-state index in [4.69, 9.17) is 16.0 Å². The first kappa shape index (κ1) is 22.4. The van der Waals surface area contributed by atoms with Gasteiger partial charge in [-0.15, -0.1) is 10.2 Å². The van der Waals surface area contributed by atoms with Crippen molar-refractivity contribution in [3.8, 4) is 11.4 Å². The molecule has 1 aliphatic heterocycles. The maximum absolute atomic E-state index is 12.9. The standard InChI is InChI=1S/C25H21ClN4O3S/c26-19-9-5-18(6-10-19)24-27-28-25(30(24)15-21-3-2-14-33-21)34-16-22(31)17-7-11-20(12-8-17)29-13-1-4-23(29)32/h2-3,5-12,14H,1,4,13,15-16H2. The number of amides is 1. The molecule has 0 saturated carbocycles. The summed E-state index contributed by atoms with van der Waals surface area (Å²) in [6.07, 6.45) is 3.07. The second-order valence-electron chi connectivity index (χ2n) is 7.89. The molecule has 1 amide bonds. The van der Waals surface area contributed by atoms with E-state index in [0.29, 0.717) is 34.5 Å². The summed E-state index contributed by atoms with van der Waals surface area (Å²) < 4.78 is 7.46. The first-order valence-corrected chi connectivity index (χ1v) is 12.2. The molecule has 2 aromatic heterocycles. The first-order chi connectivity index (χ1) is 16.6. The smallest absolute Gasteiger partial charge is 0.227 e. The van der Waals surface area contributed by atoms with Gasteiger partial charge in [-0.05, 0) is 67.1 Å². The fourth-order valence-corrected chi connectivity index (χ4v) is 4.83. The Morgan fingerprint density at radius 3 is 2.53 bits per heavy atom. The van der Waals surface area contributed by atoms with Gasteiger partial charge in [0, 0.05) is 34.8 Å². The topological polar surface area (TPSA) is 81.2 Å². The van der Waals surface area contributed by atoms with E-state index in [2.05, 4.69) is 10.2 Å². The van der Waals surface area contributed by atoms with Crippen LogP contribution in [0.15, 0.2) is 76.5 Å². The lowest BCUT2D eigenvalue weighted by Gasteiger charge is -2.15. The lowest BCUT2D eigenvalue weighted by Crippen LogP contribution is -2.23. The zero-order chi connectivity index (χ0) is 23.5. The van der Waals surface area contributed by atoms with Crippen molar-refractivity contribution < 1.29 is 14.0 Å². The molecule has 0 N–H and O–H groups in total. The molecule has 0 bridgehead atoms. The summed E-state index contributed by atoms with van der Waals surface area (Å²) in [6, 6.07) is 18.3. The van der Waals surface area contributed by atoms with Crippen molar-refractivity contribution >= 4 is 40.7 Å². The number of carbonyl (C=O) groups is 2. The van der Waals surface area contributed by atoms with E-state index in [-0.39, 0.29) is 17.4 Å². The summed E-state index contributed by atoms with van der Waals surface area (Å²) in [7, 11) is 0. The average Bonchev–Trinajstić information content (AvgIpc) is 3.61. The Balaban J connectivity index is 1.33. The third-order valence-corrected chi connectivity index (χ3v) is 6.84. The van der Waals surface area contributed by atoms with E-state index in [9.17, 15) is 9.59 Å². The maximum atomic E-state index is 12.9. The number of Topliss-reactive ketones (excluding diaryl/α,β-unsaturated/α-hetero) is 1. The van der Waals surface area contributed by atoms with Gasteiger partial charge in [0.25, 0.3) is 0 Å². The minimum absolute atomic E-state index is 0.0232. The van der Waals surface area contributed by atoms with Crippen LogP contribution in [0.25, 0.3) is 11.4 Å². The van der Waals surface area contributed by atoms with E-state index in [1.807, 2.05) is 41.0 Å². The fraction of sp³-hybridized carbons (Fsp3) is 0.200. The second kappa shape index (κ2) is 9.87. The second-order valence-corrected chi connectivity index (χ2v) is 9.27. The molecular formula is C25H21ClN4O3S. The molecule has 0 unspecified atom stereocenters. The van der Waals surface area contributed by atoms with Gasteiger partial charge >= 0.3 is 0 Å². The minimum atomic E-state index is -0.0232. The Kier molecular flexibility index (Phi) is 6.51. The number of benzene rings is 2. The van der Waals surface area contributed by atoms with Crippen molar-refractivity contribution in [2.24, 2.45) is 0 Å². The number of furan rings is 1. The Morgan fingerprint density at radius 1 is 1.06 bits per heavy atom. The lowest BCUT2D eigenvalue weighted by molar-refractivity contribution is -0.117. The molecule has 4 aromatic rings. The van der Waals surface area contributed by atoms with E-state index in [1.165, 1.54) is 11.8 Å².